The number of phenols is 2. The van der Waals surface area contributed by atoms with Gasteiger partial charge in [-0.25, -0.2) is 0 Å². The van der Waals surface area contributed by atoms with Crippen LogP contribution in [0.25, 0.3) is 0 Å². The number of carbonyl (C=O) groups is 1. The van der Waals surface area contributed by atoms with Crippen molar-refractivity contribution in [3.05, 3.63) is 22.2 Å². The first-order valence-corrected chi connectivity index (χ1v) is 5.40. The molecule has 0 radical (unpaired) electrons. The van der Waals surface area contributed by atoms with Gasteiger partial charge in [-0.3, -0.25) is 4.79 Å². The highest BCUT2D eigenvalue weighted by Gasteiger charge is 2.20. The maximum absolute atomic E-state index is 10.4. The second-order valence-corrected chi connectivity index (χ2v) is 4.21. The summed E-state index contributed by atoms with van der Waals surface area (Å²) < 4.78 is 0. The van der Waals surface area contributed by atoms with Gasteiger partial charge in [-0.05, 0) is 18.9 Å². The van der Waals surface area contributed by atoms with E-state index in [2.05, 4.69) is 0 Å². The molecule has 0 saturated carbocycles. The number of hydrogen-bond donors (Lipinski definition) is 4. The molecule has 0 heterocycles. The van der Waals surface area contributed by atoms with Crippen LogP contribution in [0.2, 0.25) is 5.02 Å². The summed E-state index contributed by atoms with van der Waals surface area (Å²) in [5.41, 5.74) is 6.62. The van der Waals surface area contributed by atoms with Gasteiger partial charge in [0.15, 0.2) is 11.5 Å². The number of aliphatic carboxylic acids is 1. The minimum Gasteiger partial charge on any atom is -0.504 e. The number of rotatable bonds is 4. The summed E-state index contributed by atoms with van der Waals surface area (Å²) in [4.78, 5) is 10.4. The fraction of sp³-hybridized carbons (Fsp3) is 0.364. The molecule has 6 heteroatoms. The number of phenolic OH excluding ortho intramolecular Hbond substituents is 2. The summed E-state index contributed by atoms with van der Waals surface area (Å²) in [5, 5.41) is 28.0. The third-order valence-electron chi connectivity index (χ3n) is 2.56. The fourth-order valence-electron chi connectivity index (χ4n) is 1.62. The molecule has 0 aliphatic carbocycles. The van der Waals surface area contributed by atoms with E-state index in [0.29, 0.717) is 5.56 Å². The van der Waals surface area contributed by atoms with Gasteiger partial charge in [0.1, 0.15) is 0 Å². The molecular formula is C11H14ClNO4. The van der Waals surface area contributed by atoms with Crippen LogP contribution in [0.3, 0.4) is 0 Å². The molecule has 1 aromatic carbocycles. The van der Waals surface area contributed by atoms with Crippen LogP contribution in [0.15, 0.2) is 6.07 Å². The monoisotopic (exact) mass is 259 g/mol. The Labute approximate surface area is 103 Å². The van der Waals surface area contributed by atoms with Crippen LogP contribution in [-0.2, 0) is 4.79 Å². The molecule has 1 rings (SSSR count). The predicted octanol–water partition coefficient (Wildman–Crippen LogP) is 1.92. The second kappa shape index (κ2) is 5.25. The second-order valence-electron chi connectivity index (χ2n) is 3.80. The molecule has 1 aromatic rings. The Hall–Kier alpha value is -1.46. The maximum Gasteiger partial charge on any atom is 0.303 e. The van der Waals surface area contributed by atoms with Crippen molar-refractivity contribution in [3.63, 3.8) is 0 Å². The zero-order valence-electron chi connectivity index (χ0n) is 9.27. The first-order chi connectivity index (χ1) is 7.84. The molecule has 5 nitrogen and oxygen atoms in total. The topological polar surface area (TPSA) is 104 Å². The lowest BCUT2D eigenvalue weighted by molar-refractivity contribution is -0.137. The van der Waals surface area contributed by atoms with Crippen molar-refractivity contribution in [3.8, 4) is 11.5 Å². The Morgan fingerprint density at radius 3 is 2.65 bits per heavy atom. The molecule has 0 aromatic heterocycles. The van der Waals surface area contributed by atoms with Gasteiger partial charge in [-0.1, -0.05) is 11.6 Å². The molecule has 1 unspecified atom stereocenters. The van der Waals surface area contributed by atoms with Crippen molar-refractivity contribution in [1.82, 2.24) is 0 Å². The van der Waals surface area contributed by atoms with Crippen LogP contribution < -0.4 is 5.73 Å². The average Bonchev–Trinajstić information content (AvgIpc) is 2.24. The fourth-order valence-corrected chi connectivity index (χ4v) is 1.82. The molecule has 0 spiro atoms. The number of benzene rings is 1. The van der Waals surface area contributed by atoms with Crippen molar-refractivity contribution in [1.29, 1.82) is 0 Å². The average molecular weight is 260 g/mol. The zero-order chi connectivity index (χ0) is 13.2. The largest absolute Gasteiger partial charge is 0.504 e. The summed E-state index contributed by atoms with van der Waals surface area (Å²) in [6.07, 6.45) is 0.0385. The molecule has 0 aliphatic heterocycles. The van der Waals surface area contributed by atoms with Crippen LogP contribution in [0, 0.1) is 6.92 Å². The van der Waals surface area contributed by atoms with Gasteiger partial charge in [0.2, 0.25) is 0 Å². The smallest absolute Gasteiger partial charge is 0.303 e. The standard InChI is InChI=1S/C11H14ClNO4/c1-5-6(12)4-8(14)11(17)10(5)7(13)2-3-9(15)16/h4,7,14,17H,2-3,13H2,1H3,(H,15,16). The summed E-state index contributed by atoms with van der Waals surface area (Å²) >= 11 is 5.85. The van der Waals surface area contributed by atoms with Crippen molar-refractivity contribution in [2.45, 2.75) is 25.8 Å². The van der Waals surface area contributed by atoms with Crippen LogP contribution in [0.4, 0.5) is 0 Å². The highest BCUT2D eigenvalue weighted by Crippen LogP contribution is 2.39. The molecule has 5 N–H and O–H groups in total. The number of carboxylic acid groups (broad SMARTS) is 1. The number of nitrogens with two attached hydrogens (primary N) is 1. The van der Waals surface area contributed by atoms with E-state index in [9.17, 15) is 15.0 Å². The summed E-state index contributed by atoms with van der Waals surface area (Å²) in [7, 11) is 0. The van der Waals surface area contributed by atoms with E-state index < -0.39 is 12.0 Å². The van der Waals surface area contributed by atoms with Crippen LogP contribution in [-0.4, -0.2) is 21.3 Å². The maximum atomic E-state index is 10.4. The van der Waals surface area contributed by atoms with E-state index in [4.69, 9.17) is 22.4 Å². The molecule has 0 amide bonds. The molecule has 0 fully saturated rings. The first kappa shape index (κ1) is 13.6. The third-order valence-corrected chi connectivity index (χ3v) is 2.96. The number of aromatic hydroxyl groups is 2. The molecule has 0 bridgehead atoms. The number of hydrogen-bond acceptors (Lipinski definition) is 4. The Balaban J connectivity index is 3.07. The summed E-state index contributed by atoms with van der Waals surface area (Å²) in [6, 6.07) is 0.537. The van der Waals surface area contributed by atoms with Gasteiger partial charge >= 0.3 is 5.97 Å². The first-order valence-electron chi connectivity index (χ1n) is 5.03. The Bertz CT molecular complexity index is 421. The van der Waals surface area contributed by atoms with Gasteiger partial charge in [0.25, 0.3) is 0 Å². The minimum absolute atomic E-state index is 0.118. The van der Waals surface area contributed by atoms with E-state index in [1.165, 1.54) is 6.07 Å². The molecule has 1 atom stereocenters. The van der Waals surface area contributed by atoms with Crippen molar-refractivity contribution in [2.75, 3.05) is 0 Å². The van der Waals surface area contributed by atoms with E-state index >= 15 is 0 Å². The Morgan fingerprint density at radius 2 is 2.12 bits per heavy atom. The zero-order valence-corrected chi connectivity index (χ0v) is 10.0. The van der Waals surface area contributed by atoms with Crippen LogP contribution in [0.1, 0.15) is 30.0 Å². The molecule has 94 valence electrons. The Morgan fingerprint density at radius 1 is 1.53 bits per heavy atom. The minimum atomic E-state index is -0.969. The highest BCUT2D eigenvalue weighted by molar-refractivity contribution is 6.31. The van der Waals surface area contributed by atoms with Gasteiger partial charge in [-0.15, -0.1) is 0 Å². The normalized spacial score (nSPS) is 12.4. The molecule has 17 heavy (non-hydrogen) atoms. The summed E-state index contributed by atoms with van der Waals surface area (Å²) in [6.45, 7) is 1.65. The van der Waals surface area contributed by atoms with Crippen molar-refractivity contribution >= 4 is 17.6 Å². The number of halogens is 1. The molecule has 0 aliphatic rings. The van der Waals surface area contributed by atoms with Gasteiger partial charge < -0.3 is 21.1 Å². The third kappa shape index (κ3) is 3.01. The van der Waals surface area contributed by atoms with E-state index in [1.807, 2.05) is 0 Å². The van der Waals surface area contributed by atoms with E-state index in [1.54, 1.807) is 6.92 Å². The molecular weight excluding hydrogens is 246 g/mol. The van der Waals surface area contributed by atoms with Gasteiger partial charge in [0, 0.05) is 29.1 Å². The van der Waals surface area contributed by atoms with Gasteiger partial charge in [-0.2, -0.15) is 0 Å². The lowest BCUT2D eigenvalue weighted by atomic mass is 9.96. The van der Waals surface area contributed by atoms with Crippen LogP contribution >= 0.6 is 11.6 Å². The predicted molar refractivity (Wildman–Crippen MR) is 63.3 cm³/mol. The Kier molecular flexibility index (Phi) is 4.20. The number of carboxylic acids is 1. The van der Waals surface area contributed by atoms with E-state index in [-0.39, 0.29) is 34.9 Å². The lowest BCUT2D eigenvalue weighted by Crippen LogP contribution is -2.14. The lowest BCUT2D eigenvalue weighted by Gasteiger charge is -2.17. The summed E-state index contributed by atoms with van der Waals surface area (Å²) in [5.74, 6) is -1.67. The SMILES string of the molecule is Cc1c(Cl)cc(O)c(O)c1C(N)CCC(=O)O. The van der Waals surface area contributed by atoms with Crippen molar-refractivity contribution < 1.29 is 20.1 Å². The quantitative estimate of drug-likeness (QED) is 0.619. The molecule has 0 saturated heterocycles. The highest BCUT2D eigenvalue weighted by atomic mass is 35.5. The van der Waals surface area contributed by atoms with Crippen molar-refractivity contribution in [2.24, 2.45) is 5.73 Å². The van der Waals surface area contributed by atoms with E-state index in [0.717, 1.165) is 0 Å². The van der Waals surface area contributed by atoms with Gasteiger partial charge in [0.05, 0.1) is 0 Å². The van der Waals surface area contributed by atoms with Crippen LogP contribution in [0.5, 0.6) is 11.5 Å².